The van der Waals surface area contributed by atoms with E-state index in [1.807, 2.05) is 0 Å². The van der Waals surface area contributed by atoms with Crippen molar-refractivity contribution in [1.82, 2.24) is 0 Å². The zero-order valence-electron chi connectivity index (χ0n) is 1.76. The Morgan fingerprint density at radius 2 is 2.00 bits per heavy atom. The number of thiocarbonyl (C=S) groups is 1. The Balaban J connectivity index is 2.80. The Morgan fingerprint density at radius 1 is 2.00 bits per heavy atom. The molecule has 0 aliphatic carbocycles. The van der Waals surface area contributed by atoms with Gasteiger partial charge < -0.3 is 0 Å². The summed E-state index contributed by atoms with van der Waals surface area (Å²) in [4.78, 5) is 0. The van der Waals surface area contributed by atoms with Crippen LogP contribution in [0.4, 0.5) is 0 Å². The summed E-state index contributed by atoms with van der Waals surface area (Å²) in [5.41, 5.74) is 0. The third-order valence-corrected chi connectivity index (χ3v) is 0. The molecule has 0 nitrogen and oxygen atoms in total. The van der Waals surface area contributed by atoms with Crippen molar-refractivity contribution in [2.45, 2.75) is 0 Å². The molecule has 0 spiro atoms. The van der Waals surface area contributed by atoms with E-state index in [0.717, 1.165) is 0 Å². The number of rotatable bonds is 0. The fraction of sp³-hybridized carbons (Fsp3) is 0. The summed E-state index contributed by atoms with van der Waals surface area (Å²) < 4.78 is 0.569. The molecule has 0 saturated carbocycles. The SMILES string of the molecule is S=C(S)[Se-]. The van der Waals surface area contributed by atoms with Crippen molar-refractivity contribution in [3.63, 3.8) is 0 Å². The van der Waals surface area contributed by atoms with Crippen LogP contribution in [0.2, 0.25) is 0 Å². The summed E-state index contributed by atoms with van der Waals surface area (Å²) in [5.74, 6) is 0. The second kappa shape index (κ2) is 2.21. The minimum atomic E-state index is 0.569. The van der Waals surface area contributed by atoms with Crippen molar-refractivity contribution in [2.24, 2.45) is 0 Å². The second-order valence-corrected chi connectivity index (χ2v) is 3.54. The zero-order valence-corrected chi connectivity index (χ0v) is 5.19. The molecule has 0 aliphatic heterocycles. The molecule has 0 aromatic heterocycles. The molecule has 0 unspecified atom stereocenters. The Kier molecular flexibility index (Phi) is 2.74. The molecular formula is CHS2Se-. The van der Waals surface area contributed by atoms with Crippen LogP contribution in [-0.4, -0.2) is 19.1 Å². The van der Waals surface area contributed by atoms with E-state index in [-0.39, 0.29) is 0 Å². The average Bonchev–Trinajstić information content (AvgIpc) is 0.811. The standard InChI is InChI=1S/CH2S2Se/c2-1(3)4/h(H2,2,3,4)/p-1. The van der Waals surface area contributed by atoms with Crippen molar-refractivity contribution in [3.05, 3.63) is 0 Å². The molecule has 0 bridgehead atoms. The number of hydrogen-bond acceptors (Lipinski definition) is 1. The van der Waals surface area contributed by atoms with Gasteiger partial charge in [-0.25, -0.2) is 0 Å². The monoisotopic (exact) mass is 157 g/mol. The van der Waals surface area contributed by atoms with Crippen LogP contribution in [0.15, 0.2) is 0 Å². The van der Waals surface area contributed by atoms with Gasteiger partial charge in [0.05, 0.1) is 0 Å². The molecule has 0 radical (unpaired) electrons. The molecule has 0 N–H and O–H groups in total. The summed E-state index contributed by atoms with van der Waals surface area (Å²) in [6.45, 7) is 0. The van der Waals surface area contributed by atoms with E-state index < -0.39 is 0 Å². The maximum atomic E-state index is 4.35. The van der Waals surface area contributed by atoms with E-state index in [4.69, 9.17) is 0 Å². The molecule has 0 amide bonds. The van der Waals surface area contributed by atoms with E-state index >= 15 is 0 Å². The van der Waals surface area contributed by atoms with Gasteiger partial charge in [-0.05, 0) is 0 Å². The number of hydrogen-bond donors (Lipinski definition) is 1. The molecule has 4 heavy (non-hydrogen) atoms. The van der Waals surface area contributed by atoms with Gasteiger partial charge in [0.15, 0.2) is 0 Å². The molecule has 0 heterocycles. The molecule has 3 heteroatoms. The fourth-order valence-electron chi connectivity index (χ4n) is 0. The first-order chi connectivity index (χ1) is 1.73. The Bertz CT molecular complexity index is 29.0. The molecule has 0 fully saturated rings. The van der Waals surface area contributed by atoms with Gasteiger partial charge in [0, 0.05) is 0 Å². The van der Waals surface area contributed by atoms with Crippen LogP contribution in [-0.2, 0) is 0 Å². The van der Waals surface area contributed by atoms with E-state index in [1.165, 1.54) is 0 Å². The van der Waals surface area contributed by atoms with Gasteiger partial charge in [-0.1, -0.05) is 0 Å². The maximum absolute atomic E-state index is 4.35. The Morgan fingerprint density at radius 3 is 2.00 bits per heavy atom. The fourth-order valence-corrected chi connectivity index (χ4v) is 0. The van der Waals surface area contributed by atoms with Crippen LogP contribution in [0.1, 0.15) is 0 Å². The van der Waals surface area contributed by atoms with Gasteiger partial charge in [-0.15, -0.1) is 0 Å². The van der Waals surface area contributed by atoms with E-state index in [0.29, 0.717) is 3.10 Å². The van der Waals surface area contributed by atoms with Crippen LogP contribution in [0.5, 0.6) is 0 Å². The molecule has 0 aliphatic rings. The van der Waals surface area contributed by atoms with E-state index in [2.05, 4.69) is 40.9 Å². The predicted molar refractivity (Wildman–Crippen MR) is 27.3 cm³/mol. The Hall–Kier alpha value is 0.959. The van der Waals surface area contributed by atoms with Crippen LogP contribution in [0, 0.1) is 0 Å². The summed E-state index contributed by atoms with van der Waals surface area (Å²) in [5, 5.41) is 0. The molecule has 0 rings (SSSR count). The van der Waals surface area contributed by atoms with Crippen LogP contribution in [0.25, 0.3) is 0 Å². The van der Waals surface area contributed by atoms with Crippen molar-refractivity contribution in [2.75, 3.05) is 0 Å². The molecule has 0 aromatic carbocycles. The first kappa shape index (κ1) is 4.96. The van der Waals surface area contributed by atoms with Gasteiger partial charge >= 0.3 is 44.0 Å². The molecule has 0 saturated heterocycles. The topological polar surface area (TPSA) is 0 Å². The summed E-state index contributed by atoms with van der Waals surface area (Å²) >= 11 is 10.5. The summed E-state index contributed by atoms with van der Waals surface area (Å²) in [7, 11) is 0. The van der Waals surface area contributed by atoms with Gasteiger partial charge in [-0.2, -0.15) is 0 Å². The number of thiol groups is 1. The molecular weight excluding hydrogens is 155 g/mol. The van der Waals surface area contributed by atoms with Crippen molar-refractivity contribution < 1.29 is 0 Å². The summed E-state index contributed by atoms with van der Waals surface area (Å²) in [6, 6.07) is 0. The van der Waals surface area contributed by atoms with Gasteiger partial charge in [0.2, 0.25) is 0 Å². The predicted octanol–water partition coefficient (Wildman–Crippen LogP) is 0.370. The van der Waals surface area contributed by atoms with E-state index in [1.54, 1.807) is 0 Å². The van der Waals surface area contributed by atoms with Crippen LogP contribution < -0.4 is 0 Å². The molecule has 0 aromatic rings. The van der Waals surface area contributed by atoms with Crippen molar-refractivity contribution >= 4 is 44.0 Å². The molecule has 0 atom stereocenters. The van der Waals surface area contributed by atoms with Gasteiger partial charge in [0.25, 0.3) is 0 Å². The van der Waals surface area contributed by atoms with E-state index in [9.17, 15) is 0 Å². The summed E-state index contributed by atoms with van der Waals surface area (Å²) in [6.07, 6.45) is 0. The average molecular weight is 156 g/mol. The first-order valence-corrected chi connectivity index (χ1v) is 2.34. The third-order valence-electron chi connectivity index (χ3n) is 0. The minimum absolute atomic E-state index is 0.569. The normalized spacial score (nSPS) is 6.25. The quantitative estimate of drug-likeness (QED) is 0.300. The Labute approximate surface area is 44.2 Å². The van der Waals surface area contributed by atoms with Crippen LogP contribution >= 0.6 is 24.8 Å². The van der Waals surface area contributed by atoms with Crippen molar-refractivity contribution in [3.8, 4) is 0 Å². The van der Waals surface area contributed by atoms with Crippen LogP contribution in [0.3, 0.4) is 0 Å². The first-order valence-electron chi connectivity index (χ1n) is 0.632. The van der Waals surface area contributed by atoms with Gasteiger partial charge in [0.1, 0.15) is 0 Å². The van der Waals surface area contributed by atoms with Crippen molar-refractivity contribution in [1.29, 1.82) is 0 Å². The molecule has 24 valence electrons. The zero-order chi connectivity index (χ0) is 3.58. The second-order valence-electron chi connectivity index (χ2n) is 0.266. The third kappa shape index (κ3) is 12.3. The van der Waals surface area contributed by atoms with Gasteiger partial charge in [-0.3, -0.25) is 0 Å².